The summed E-state index contributed by atoms with van der Waals surface area (Å²) in [5.41, 5.74) is 4.50. The summed E-state index contributed by atoms with van der Waals surface area (Å²) in [4.78, 5) is 26.7. The number of benzene rings is 1. The zero-order valence-electron chi connectivity index (χ0n) is 19.0. The van der Waals surface area contributed by atoms with Crippen molar-refractivity contribution in [1.82, 2.24) is 14.8 Å². The minimum atomic E-state index is 0.118. The first-order valence-electron chi connectivity index (χ1n) is 10.9. The molecule has 0 saturated carbocycles. The molecule has 31 heavy (non-hydrogen) atoms. The number of carbonyl (C=O) groups is 1. The molecule has 2 heterocycles. The Morgan fingerprint density at radius 2 is 2.00 bits per heavy atom. The number of anilines is 1. The van der Waals surface area contributed by atoms with E-state index in [4.69, 9.17) is 4.99 Å². The van der Waals surface area contributed by atoms with Gasteiger partial charge in [-0.3, -0.25) is 14.7 Å². The van der Waals surface area contributed by atoms with Crippen LogP contribution in [0.3, 0.4) is 0 Å². The molecule has 1 saturated heterocycles. The van der Waals surface area contributed by atoms with Crippen LogP contribution in [0.25, 0.3) is 5.57 Å². The van der Waals surface area contributed by atoms with E-state index in [1.807, 2.05) is 31.5 Å². The summed E-state index contributed by atoms with van der Waals surface area (Å²) in [7, 11) is 1.79. The molecule has 1 unspecified atom stereocenters. The van der Waals surface area contributed by atoms with Crippen LogP contribution in [0.4, 0.5) is 5.82 Å². The third-order valence-electron chi connectivity index (χ3n) is 5.68. The van der Waals surface area contributed by atoms with Crippen LogP contribution in [0.2, 0.25) is 0 Å². The number of rotatable bonds is 8. The smallest absolute Gasteiger partial charge is 0.209 e. The van der Waals surface area contributed by atoms with Gasteiger partial charge in [0.1, 0.15) is 5.82 Å². The third kappa shape index (κ3) is 6.25. The Bertz CT molecular complexity index is 914. The van der Waals surface area contributed by atoms with Crippen LogP contribution < -0.4 is 4.90 Å². The van der Waals surface area contributed by atoms with Crippen LogP contribution in [0.5, 0.6) is 0 Å². The summed E-state index contributed by atoms with van der Waals surface area (Å²) in [5, 5.41) is 0. The fraction of sp³-hybridized carbons (Fsp3) is 0.400. The summed E-state index contributed by atoms with van der Waals surface area (Å²) < 4.78 is 0. The molecule has 0 spiro atoms. The van der Waals surface area contributed by atoms with Crippen molar-refractivity contribution < 1.29 is 4.79 Å². The van der Waals surface area contributed by atoms with Gasteiger partial charge in [-0.2, -0.15) is 0 Å². The Morgan fingerprint density at radius 1 is 1.23 bits per heavy atom. The number of allylic oxidation sites excluding steroid dienone is 2. The molecule has 0 N–H and O–H groups in total. The third-order valence-corrected chi connectivity index (χ3v) is 5.68. The Kier molecular flexibility index (Phi) is 7.95. The van der Waals surface area contributed by atoms with Gasteiger partial charge in [0.05, 0.1) is 6.17 Å². The quantitative estimate of drug-likeness (QED) is 0.484. The second-order valence-electron chi connectivity index (χ2n) is 8.09. The summed E-state index contributed by atoms with van der Waals surface area (Å²) >= 11 is 0. The van der Waals surface area contributed by atoms with Gasteiger partial charge in [-0.25, -0.2) is 4.98 Å². The molecule has 3 rings (SSSR count). The number of aromatic nitrogens is 1. The van der Waals surface area contributed by atoms with Gasteiger partial charge >= 0.3 is 0 Å². The number of aryl methyl sites for hydroxylation is 1. The highest BCUT2D eigenvalue weighted by molar-refractivity contribution is 6.09. The number of nitrogens with zero attached hydrogens (tertiary/aromatic N) is 5. The Labute approximate surface area is 185 Å². The van der Waals surface area contributed by atoms with Crippen LogP contribution >= 0.6 is 0 Å². The topological polar surface area (TPSA) is 52.0 Å². The SMILES string of the molecule is C/C=C(\C=N/C(C)N1CCN(c2ccc(C)cn2)CC1)c1cccc(CN(C)C=O)c1. The highest BCUT2D eigenvalue weighted by Crippen LogP contribution is 2.18. The monoisotopic (exact) mass is 419 g/mol. The zero-order chi connectivity index (χ0) is 22.2. The molecular weight excluding hydrogens is 386 g/mol. The number of piperazine rings is 1. The zero-order valence-corrected chi connectivity index (χ0v) is 19.0. The molecular formula is C25H33N5O. The maximum Gasteiger partial charge on any atom is 0.209 e. The lowest BCUT2D eigenvalue weighted by atomic mass is 10.0. The first-order valence-corrected chi connectivity index (χ1v) is 10.9. The molecule has 1 aromatic carbocycles. The minimum Gasteiger partial charge on any atom is -0.354 e. The largest absolute Gasteiger partial charge is 0.354 e. The number of pyridine rings is 1. The molecule has 1 aliphatic rings. The van der Waals surface area contributed by atoms with E-state index in [-0.39, 0.29) is 6.17 Å². The van der Waals surface area contributed by atoms with E-state index < -0.39 is 0 Å². The van der Waals surface area contributed by atoms with Crippen molar-refractivity contribution in [2.45, 2.75) is 33.5 Å². The van der Waals surface area contributed by atoms with Crippen LogP contribution in [-0.4, -0.2) is 66.8 Å². The molecule has 0 aliphatic carbocycles. The Hall–Kier alpha value is -2.99. The van der Waals surface area contributed by atoms with Gasteiger partial charge in [0.15, 0.2) is 0 Å². The lowest BCUT2D eigenvalue weighted by Crippen LogP contribution is -2.49. The first-order chi connectivity index (χ1) is 15.0. The van der Waals surface area contributed by atoms with E-state index in [1.54, 1.807) is 11.9 Å². The predicted octanol–water partition coefficient (Wildman–Crippen LogP) is 3.62. The lowest BCUT2D eigenvalue weighted by molar-refractivity contribution is -0.117. The van der Waals surface area contributed by atoms with E-state index in [1.165, 1.54) is 5.56 Å². The van der Waals surface area contributed by atoms with Crippen molar-refractivity contribution in [3.05, 3.63) is 65.4 Å². The molecule has 1 fully saturated rings. The molecule has 2 aromatic rings. The molecule has 6 heteroatoms. The number of hydrogen-bond acceptors (Lipinski definition) is 5. The normalized spacial score (nSPS) is 16.5. The van der Waals surface area contributed by atoms with Gasteiger partial charge < -0.3 is 9.80 Å². The average Bonchev–Trinajstić information content (AvgIpc) is 2.80. The second-order valence-corrected chi connectivity index (χ2v) is 8.09. The summed E-state index contributed by atoms with van der Waals surface area (Å²) in [6.07, 6.45) is 6.95. The number of carbonyl (C=O) groups excluding carboxylic acids is 1. The van der Waals surface area contributed by atoms with Crippen LogP contribution in [-0.2, 0) is 11.3 Å². The predicted molar refractivity (Wildman–Crippen MR) is 128 cm³/mol. The fourth-order valence-corrected chi connectivity index (χ4v) is 3.74. The Morgan fingerprint density at radius 3 is 2.65 bits per heavy atom. The van der Waals surface area contributed by atoms with E-state index in [9.17, 15) is 4.79 Å². The van der Waals surface area contributed by atoms with Crippen LogP contribution in [0.15, 0.2) is 53.7 Å². The molecule has 1 atom stereocenters. The molecule has 1 amide bonds. The fourth-order valence-electron chi connectivity index (χ4n) is 3.74. The van der Waals surface area contributed by atoms with Crippen molar-refractivity contribution in [3.63, 3.8) is 0 Å². The van der Waals surface area contributed by atoms with Crippen molar-refractivity contribution in [2.75, 3.05) is 38.1 Å². The van der Waals surface area contributed by atoms with Crippen LogP contribution in [0.1, 0.15) is 30.5 Å². The molecule has 0 bridgehead atoms. The second kappa shape index (κ2) is 10.9. The van der Waals surface area contributed by atoms with Crippen molar-refractivity contribution in [2.24, 2.45) is 4.99 Å². The van der Waals surface area contributed by atoms with Gasteiger partial charge in [0, 0.05) is 52.2 Å². The molecule has 1 aliphatic heterocycles. The van der Waals surface area contributed by atoms with Gasteiger partial charge in [0.25, 0.3) is 0 Å². The summed E-state index contributed by atoms with van der Waals surface area (Å²) in [6.45, 7) is 10.7. The van der Waals surface area contributed by atoms with Gasteiger partial charge in [-0.15, -0.1) is 0 Å². The highest BCUT2D eigenvalue weighted by atomic mass is 16.1. The van der Waals surface area contributed by atoms with E-state index in [2.05, 4.69) is 59.0 Å². The first kappa shape index (κ1) is 22.7. The summed E-state index contributed by atoms with van der Waals surface area (Å²) in [6, 6.07) is 12.5. The molecule has 0 radical (unpaired) electrons. The molecule has 6 nitrogen and oxygen atoms in total. The van der Waals surface area contributed by atoms with E-state index in [0.717, 1.165) is 55.1 Å². The maximum atomic E-state index is 10.9. The average molecular weight is 420 g/mol. The highest BCUT2D eigenvalue weighted by Gasteiger charge is 2.21. The van der Waals surface area contributed by atoms with Gasteiger partial charge in [-0.05, 0) is 55.2 Å². The standard InChI is InChI=1S/C25H33N5O/c1-5-23(24-8-6-7-22(15-24)18-28(4)19-31)17-26-21(3)29-11-13-30(14-12-29)25-10-9-20(2)16-27-25/h5-10,15-17,19,21H,11-14,18H2,1-4H3/b23-5+,26-17-. The maximum absolute atomic E-state index is 10.9. The van der Waals surface area contributed by atoms with Crippen molar-refractivity contribution in [3.8, 4) is 0 Å². The van der Waals surface area contributed by atoms with Gasteiger partial charge in [0.2, 0.25) is 6.41 Å². The molecule has 164 valence electrons. The number of aliphatic imine (C=N–C) groups is 1. The van der Waals surface area contributed by atoms with Crippen molar-refractivity contribution in [1.29, 1.82) is 0 Å². The van der Waals surface area contributed by atoms with Crippen molar-refractivity contribution >= 4 is 24.0 Å². The van der Waals surface area contributed by atoms with E-state index in [0.29, 0.717) is 6.54 Å². The molecule has 1 aromatic heterocycles. The van der Waals surface area contributed by atoms with Gasteiger partial charge in [-0.1, -0.05) is 30.3 Å². The number of amides is 1. The number of hydrogen-bond donors (Lipinski definition) is 0. The van der Waals surface area contributed by atoms with Crippen LogP contribution in [0, 0.1) is 6.92 Å². The summed E-state index contributed by atoms with van der Waals surface area (Å²) in [5.74, 6) is 1.05. The van der Waals surface area contributed by atoms with E-state index >= 15 is 0 Å². The minimum absolute atomic E-state index is 0.118. The Balaban J connectivity index is 1.58. The lowest BCUT2D eigenvalue weighted by Gasteiger charge is -2.37.